The highest BCUT2D eigenvalue weighted by molar-refractivity contribution is 8.14. The molecule has 1 heterocycles. The van der Waals surface area contributed by atoms with Gasteiger partial charge in [-0.1, -0.05) is 23.9 Å². The number of halogens is 1. The Morgan fingerprint density at radius 1 is 1.24 bits per heavy atom. The molecule has 128 valence electrons. The van der Waals surface area contributed by atoms with E-state index in [0.29, 0.717) is 22.4 Å². The SMILES string of the molecule is Cc1cc(F)ccc1NC(=O)c1cccc(CN2C(=O)CSC2=O)c1. The second kappa shape index (κ2) is 7.06. The Labute approximate surface area is 148 Å². The molecule has 0 bridgehead atoms. The normalized spacial score (nSPS) is 14.1. The Balaban J connectivity index is 1.75. The van der Waals surface area contributed by atoms with E-state index in [0.717, 1.165) is 11.8 Å². The minimum atomic E-state index is -0.365. The summed E-state index contributed by atoms with van der Waals surface area (Å²) >= 11 is 0.975. The van der Waals surface area contributed by atoms with Crippen LogP contribution in [0.3, 0.4) is 0 Å². The summed E-state index contributed by atoms with van der Waals surface area (Å²) in [6.07, 6.45) is 0. The molecule has 0 saturated carbocycles. The summed E-state index contributed by atoms with van der Waals surface area (Å²) in [6, 6.07) is 10.8. The van der Waals surface area contributed by atoms with E-state index in [1.165, 1.54) is 23.1 Å². The Kier molecular flexibility index (Phi) is 4.85. The predicted molar refractivity (Wildman–Crippen MR) is 93.9 cm³/mol. The molecule has 3 rings (SSSR count). The van der Waals surface area contributed by atoms with Crippen molar-refractivity contribution in [3.8, 4) is 0 Å². The van der Waals surface area contributed by atoms with Crippen LogP contribution < -0.4 is 5.32 Å². The van der Waals surface area contributed by atoms with E-state index < -0.39 is 0 Å². The van der Waals surface area contributed by atoms with Crippen LogP contribution in [0.5, 0.6) is 0 Å². The zero-order valence-electron chi connectivity index (χ0n) is 13.4. The third-order valence-corrected chi connectivity index (χ3v) is 4.67. The number of amides is 3. The lowest BCUT2D eigenvalue weighted by atomic mass is 10.1. The number of thioether (sulfide) groups is 1. The maximum atomic E-state index is 13.1. The molecule has 2 aromatic rings. The zero-order chi connectivity index (χ0) is 18.0. The average molecular weight is 358 g/mol. The topological polar surface area (TPSA) is 66.5 Å². The fourth-order valence-electron chi connectivity index (χ4n) is 2.49. The fourth-order valence-corrected chi connectivity index (χ4v) is 3.21. The van der Waals surface area contributed by atoms with Crippen molar-refractivity contribution in [3.05, 3.63) is 65.0 Å². The molecule has 0 unspecified atom stereocenters. The van der Waals surface area contributed by atoms with Crippen LogP contribution in [-0.2, 0) is 11.3 Å². The maximum absolute atomic E-state index is 13.1. The monoisotopic (exact) mass is 358 g/mol. The van der Waals surface area contributed by atoms with Crippen LogP contribution in [0.1, 0.15) is 21.5 Å². The smallest absolute Gasteiger partial charge is 0.289 e. The second-order valence-corrected chi connectivity index (χ2v) is 6.57. The van der Waals surface area contributed by atoms with E-state index >= 15 is 0 Å². The molecule has 5 nitrogen and oxygen atoms in total. The lowest BCUT2D eigenvalue weighted by molar-refractivity contribution is -0.125. The van der Waals surface area contributed by atoms with Crippen molar-refractivity contribution in [1.82, 2.24) is 4.90 Å². The number of carbonyl (C=O) groups is 3. The van der Waals surface area contributed by atoms with Gasteiger partial charge in [-0.25, -0.2) is 4.39 Å². The molecule has 0 aromatic heterocycles. The average Bonchev–Trinajstić information content (AvgIpc) is 2.89. The van der Waals surface area contributed by atoms with Gasteiger partial charge in [0.05, 0.1) is 12.3 Å². The predicted octanol–water partition coefficient (Wildman–Crippen LogP) is 3.58. The van der Waals surface area contributed by atoms with Crippen LogP contribution in [0.15, 0.2) is 42.5 Å². The van der Waals surface area contributed by atoms with Crippen molar-refractivity contribution < 1.29 is 18.8 Å². The molecule has 3 amide bonds. The number of aryl methyl sites for hydroxylation is 1. The molecule has 1 fully saturated rings. The highest BCUT2D eigenvalue weighted by Gasteiger charge is 2.29. The van der Waals surface area contributed by atoms with E-state index in [1.807, 2.05) is 0 Å². The Bertz CT molecular complexity index is 853. The van der Waals surface area contributed by atoms with Crippen LogP contribution in [0, 0.1) is 12.7 Å². The maximum Gasteiger partial charge on any atom is 0.289 e. The van der Waals surface area contributed by atoms with Gasteiger partial charge in [0, 0.05) is 11.3 Å². The molecular formula is C18H15FN2O3S. The lowest BCUT2D eigenvalue weighted by Crippen LogP contribution is -2.28. The minimum absolute atomic E-state index is 0.140. The summed E-state index contributed by atoms with van der Waals surface area (Å²) in [6.45, 7) is 1.85. The Hall–Kier alpha value is -2.67. The van der Waals surface area contributed by atoms with Crippen molar-refractivity contribution in [2.45, 2.75) is 13.5 Å². The second-order valence-electron chi connectivity index (χ2n) is 5.65. The number of carbonyl (C=O) groups excluding carboxylic acids is 3. The highest BCUT2D eigenvalue weighted by Crippen LogP contribution is 2.22. The third-order valence-electron chi connectivity index (χ3n) is 3.81. The first-order chi connectivity index (χ1) is 11.9. The largest absolute Gasteiger partial charge is 0.322 e. The summed E-state index contributed by atoms with van der Waals surface area (Å²) in [7, 11) is 0. The number of nitrogens with one attached hydrogen (secondary N) is 1. The van der Waals surface area contributed by atoms with Crippen molar-refractivity contribution in [3.63, 3.8) is 0 Å². The number of nitrogens with zero attached hydrogens (tertiary/aromatic N) is 1. The first-order valence-electron chi connectivity index (χ1n) is 7.57. The molecule has 0 radical (unpaired) electrons. The first kappa shape index (κ1) is 17.2. The number of imide groups is 1. The van der Waals surface area contributed by atoms with Crippen LogP contribution in [-0.4, -0.2) is 27.7 Å². The van der Waals surface area contributed by atoms with Gasteiger partial charge in [-0.15, -0.1) is 0 Å². The van der Waals surface area contributed by atoms with E-state index in [2.05, 4.69) is 5.32 Å². The van der Waals surface area contributed by atoms with Gasteiger partial charge in [-0.05, 0) is 48.4 Å². The zero-order valence-corrected chi connectivity index (χ0v) is 14.2. The van der Waals surface area contributed by atoms with Crippen LogP contribution in [0.4, 0.5) is 14.9 Å². The van der Waals surface area contributed by atoms with Crippen LogP contribution in [0.2, 0.25) is 0 Å². The van der Waals surface area contributed by atoms with E-state index in [9.17, 15) is 18.8 Å². The van der Waals surface area contributed by atoms with Gasteiger partial charge in [0.25, 0.3) is 11.1 Å². The van der Waals surface area contributed by atoms with Crippen LogP contribution in [0.25, 0.3) is 0 Å². The molecule has 0 spiro atoms. The van der Waals surface area contributed by atoms with E-state index in [4.69, 9.17) is 0 Å². The molecule has 1 aliphatic heterocycles. The first-order valence-corrected chi connectivity index (χ1v) is 8.56. The Morgan fingerprint density at radius 3 is 2.72 bits per heavy atom. The number of hydrogen-bond acceptors (Lipinski definition) is 4. The summed E-state index contributed by atoms with van der Waals surface area (Å²) in [5.74, 6) is -0.782. The van der Waals surface area contributed by atoms with Crippen LogP contribution >= 0.6 is 11.8 Å². The summed E-state index contributed by atoms with van der Waals surface area (Å²) in [5, 5.41) is 2.46. The summed E-state index contributed by atoms with van der Waals surface area (Å²) in [5.41, 5.74) is 2.23. The lowest BCUT2D eigenvalue weighted by Gasteiger charge is -2.14. The molecule has 2 aromatic carbocycles. The molecule has 0 atom stereocenters. The minimum Gasteiger partial charge on any atom is -0.322 e. The van der Waals surface area contributed by atoms with Gasteiger partial charge in [-0.3, -0.25) is 19.3 Å². The molecular weight excluding hydrogens is 343 g/mol. The molecule has 1 N–H and O–H groups in total. The van der Waals surface area contributed by atoms with Crippen molar-refractivity contribution >= 4 is 34.5 Å². The standard InChI is InChI=1S/C18H15FN2O3S/c1-11-7-14(19)5-6-15(11)20-17(23)13-4-2-3-12(8-13)9-21-16(22)10-25-18(21)24/h2-8H,9-10H2,1H3,(H,20,23). The quantitative estimate of drug-likeness (QED) is 0.907. The highest BCUT2D eigenvalue weighted by atomic mass is 32.2. The van der Waals surface area contributed by atoms with E-state index in [-0.39, 0.29) is 35.2 Å². The number of rotatable bonds is 4. The van der Waals surface area contributed by atoms with Gasteiger partial charge in [-0.2, -0.15) is 0 Å². The van der Waals surface area contributed by atoms with Crippen molar-refractivity contribution in [1.29, 1.82) is 0 Å². The Morgan fingerprint density at radius 2 is 2.04 bits per heavy atom. The van der Waals surface area contributed by atoms with Gasteiger partial charge >= 0.3 is 0 Å². The summed E-state index contributed by atoms with van der Waals surface area (Å²) in [4.78, 5) is 36.9. The molecule has 0 aliphatic carbocycles. The van der Waals surface area contributed by atoms with E-state index in [1.54, 1.807) is 31.2 Å². The van der Waals surface area contributed by atoms with Gasteiger partial charge < -0.3 is 5.32 Å². The van der Waals surface area contributed by atoms with Gasteiger partial charge in [0.15, 0.2) is 0 Å². The molecule has 25 heavy (non-hydrogen) atoms. The van der Waals surface area contributed by atoms with Crippen molar-refractivity contribution in [2.75, 3.05) is 11.1 Å². The number of hydrogen-bond donors (Lipinski definition) is 1. The molecule has 7 heteroatoms. The molecule has 1 aliphatic rings. The molecule has 1 saturated heterocycles. The fraction of sp³-hybridized carbons (Fsp3) is 0.167. The third kappa shape index (κ3) is 3.88. The van der Waals surface area contributed by atoms with Gasteiger partial charge in [0.2, 0.25) is 5.91 Å². The summed E-state index contributed by atoms with van der Waals surface area (Å²) < 4.78 is 13.1. The number of benzene rings is 2. The number of anilines is 1. The van der Waals surface area contributed by atoms with Crippen molar-refractivity contribution in [2.24, 2.45) is 0 Å². The van der Waals surface area contributed by atoms with Gasteiger partial charge in [0.1, 0.15) is 5.82 Å².